The number of fused-ring (bicyclic) bond motifs is 9. The Morgan fingerprint density at radius 1 is 0.561 bits per heavy atom. The first-order valence-corrected chi connectivity index (χ1v) is 29.0. The van der Waals surface area contributed by atoms with Crippen LogP contribution in [0.2, 0.25) is 0 Å². The minimum Gasteiger partial charge on any atom is -0.456 e. The molecule has 82 heavy (non-hydrogen) atoms. The molecule has 2 aromatic heterocycles. The number of halogens is 4. The fraction of sp³-hybridized carbons (Fsp3) is 0.517. The summed E-state index contributed by atoms with van der Waals surface area (Å²) in [4.78, 5) is 91.3. The lowest BCUT2D eigenvalue weighted by Crippen LogP contribution is -2.29. The number of rotatable bonds is 9. The summed E-state index contributed by atoms with van der Waals surface area (Å²) in [6.07, 6.45) is 13.9. The number of allylic oxidation sites excluding steroid dienone is 3. The van der Waals surface area contributed by atoms with Crippen LogP contribution in [0.4, 0.5) is 0 Å². The molecule has 0 radical (unpaired) electrons. The topological polar surface area (TPSA) is 249 Å². The van der Waals surface area contributed by atoms with Crippen LogP contribution in [0.3, 0.4) is 0 Å². The molecule has 8 heterocycles. The molecule has 11 rings (SSSR count). The van der Waals surface area contributed by atoms with Gasteiger partial charge in [0.15, 0.2) is 0 Å². The Morgan fingerprint density at radius 3 is 1.20 bits per heavy atom. The standard InChI is InChI=1S/C37H41NO10.C15H20O4.C7H3Cl2NO2.CH2Cl2/c1-20-24-14-12-22(8-6-16-36(3)30(47-36)28(24)45-32(20)39)18-43-34(41)26-10-5-11-27(38-26)35(42)44-19-23-9-7-17-37(4)31(48-37)29-25(15-13-23)21(2)33(40)46-29;1-9-11-6-5-10(8-16)4-3-7-15(2)13(19-15)12(11)18-14(9)17;8-6(11)4-2-1-3-5(10-4)7(9)12;2-1-3/h5,8-11,24-25,28-31H,1-2,6-7,12-19H2,3-4H3;4,11-13,16H,1,3,5-8H2,2H3;1-3H;1H2/b22-8+,23-9+;10-4+;;/t24-,25-,28-,29-,30-,31-,36+,37+;11-,12-,13-,15+;;/m00../s1. The minimum absolute atomic E-state index is 0.00419. The Morgan fingerprint density at radius 2 is 0.866 bits per heavy atom. The predicted molar refractivity (Wildman–Crippen MR) is 300 cm³/mol. The third kappa shape index (κ3) is 14.7. The molecule has 2 aromatic rings. The Labute approximate surface area is 495 Å². The highest BCUT2D eigenvalue weighted by Gasteiger charge is 2.63. The molecule has 6 saturated heterocycles. The number of hydrogen-bond donors (Lipinski definition) is 1. The van der Waals surface area contributed by atoms with Gasteiger partial charge in [-0.25, -0.2) is 33.9 Å². The van der Waals surface area contributed by atoms with Gasteiger partial charge in [0.25, 0.3) is 10.5 Å². The Kier molecular flexibility index (Phi) is 20.2. The lowest BCUT2D eigenvalue weighted by atomic mass is 9.84. The Balaban J connectivity index is 0.000000209. The normalized spacial score (nSPS) is 34.1. The molecule has 18 nitrogen and oxygen atoms in total. The Bertz CT molecular complexity index is 2850. The van der Waals surface area contributed by atoms with Gasteiger partial charge in [0.1, 0.15) is 72.6 Å². The van der Waals surface area contributed by atoms with Gasteiger partial charge < -0.3 is 43.0 Å². The van der Waals surface area contributed by atoms with Crippen molar-refractivity contribution in [3.05, 3.63) is 131 Å². The minimum atomic E-state index is -0.713. The average molecular weight is 1210 g/mol. The average Bonchev–Trinajstić information content (AvgIpc) is 4.44. The molecule has 0 spiro atoms. The second-order valence-corrected chi connectivity index (χ2v) is 23.6. The fourth-order valence-corrected chi connectivity index (χ4v) is 11.8. The van der Waals surface area contributed by atoms with E-state index in [1.807, 2.05) is 13.8 Å². The number of alkyl halides is 2. The number of epoxide rings is 3. The quantitative estimate of drug-likeness (QED) is 0.0466. The largest absolute Gasteiger partial charge is 0.456 e. The van der Waals surface area contributed by atoms with Crippen molar-refractivity contribution in [1.29, 1.82) is 0 Å². The van der Waals surface area contributed by atoms with Crippen molar-refractivity contribution in [3.8, 4) is 0 Å². The van der Waals surface area contributed by atoms with Crippen molar-refractivity contribution in [2.75, 3.05) is 25.2 Å². The van der Waals surface area contributed by atoms with E-state index in [1.165, 1.54) is 30.3 Å². The van der Waals surface area contributed by atoms with E-state index in [-0.39, 0.29) is 137 Å². The summed E-state index contributed by atoms with van der Waals surface area (Å²) in [6.45, 7) is 18.1. The van der Waals surface area contributed by atoms with Crippen molar-refractivity contribution < 1.29 is 76.6 Å². The van der Waals surface area contributed by atoms with Crippen LogP contribution in [0.15, 0.2) is 108 Å². The smallest absolute Gasteiger partial charge is 0.357 e. The molecule has 12 atom stereocenters. The number of nitrogens with zero attached hydrogens (tertiary/aromatic N) is 2. The number of hydrogen-bond acceptors (Lipinski definition) is 18. The molecule has 0 bridgehead atoms. The summed E-state index contributed by atoms with van der Waals surface area (Å²) in [6, 6.07) is 8.84. The summed E-state index contributed by atoms with van der Waals surface area (Å²) >= 11 is 19.8. The second kappa shape index (κ2) is 26.6. The highest BCUT2D eigenvalue weighted by molar-refractivity contribution is 6.68. The van der Waals surface area contributed by atoms with Gasteiger partial charge in [0.2, 0.25) is 0 Å². The van der Waals surface area contributed by atoms with Crippen molar-refractivity contribution in [1.82, 2.24) is 9.97 Å². The van der Waals surface area contributed by atoms with E-state index in [1.54, 1.807) is 6.07 Å². The molecule has 440 valence electrons. The van der Waals surface area contributed by atoms with Crippen LogP contribution < -0.4 is 0 Å². The van der Waals surface area contributed by atoms with E-state index < -0.39 is 22.4 Å². The SMILES string of the molecule is C=C1C(=O)O[C@H]2[C@H]1CC/C(CO)=C\CC[C@@]1(C)O[C@@H]21.C=C1C(=O)O[C@H]2[C@H]1CC/C(COC(=O)c1cccc(C(=O)OC/C3=C/CC[C@@]4(C)O[C@H]4[C@H]4OC(=O)C(=C)[C@@H]4CC3)n1)=C\CC[C@@]1(C)O[C@@H]21.ClCCl.O=C(Cl)c1cccc(C(=O)Cl)n1. The van der Waals surface area contributed by atoms with Crippen LogP contribution >= 0.6 is 46.4 Å². The number of ether oxygens (including phenoxy) is 8. The lowest BCUT2D eigenvalue weighted by molar-refractivity contribution is -0.140. The third-order valence-electron chi connectivity index (χ3n) is 16.6. The number of esters is 5. The van der Waals surface area contributed by atoms with E-state index in [9.17, 15) is 38.7 Å². The summed E-state index contributed by atoms with van der Waals surface area (Å²) in [5.74, 6) is -2.65. The van der Waals surface area contributed by atoms with Crippen LogP contribution in [-0.4, -0.2) is 134 Å². The van der Waals surface area contributed by atoms with Crippen LogP contribution in [-0.2, 0) is 52.3 Å². The van der Waals surface area contributed by atoms with E-state index in [0.29, 0.717) is 42.4 Å². The molecule has 22 heteroatoms. The van der Waals surface area contributed by atoms with Gasteiger partial charge in [-0.15, -0.1) is 23.2 Å². The van der Waals surface area contributed by atoms with Gasteiger partial charge in [-0.3, -0.25) is 9.59 Å². The number of aliphatic hydroxyl groups excluding tert-OH is 1. The van der Waals surface area contributed by atoms with Gasteiger partial charge in [-0.2, -0.15) is 0 Å². The van der Waals surface area contributed by atoms with Crippen LogP contribution in [0, 0.1) is 17.8 Å². The van der Waals surface area contributed by atoms with Crippen LogP contribution in [0.5, 0.6) is 0 Å². The first-order valence-electron chi connectivity index (χ1n) is 27.2. The molecule has 9 aliphatic rings. The van der Waals surface area contributed by atoms with E-state index >= 15 is 0 Å². The molecule has 0 unspecified atom stereocenters. The van der Waals surface area contributed by atoms with Crippen molar-refractivity contribution in [3.63, 3.8) is 0 Å². The lowest BCUT2D eigenvalue weighted by Gasteiger charge is -2.20. The highest BCUT2D eigenvalue weighted by Crippen LogP contribution is 2.52. The number of carbonyl (C=O) groups is 7. The number of aromatic nitrogens is 2. The maximum absolute atomic E-state index is 13.0. The second-order valence-electron chi connectivity index (χ2n) is 22.2. The number of aliphatic hydroxyl groups is 1. The molecule has 3 aliphatic carbocycles. The maximum Gasteiger partial charge on any atom is 0.357 e. The number of pyridine rings is 2. The van der Waals surface area contributed by atoms with Gasteiger partial charge >= 0.3 is 29.8 Å². The highest BCUT2D eigenvalue weighted by atomic mass is 35.5. The summed E-state index contributed by atoms with van der Waals surface area (Å²) in [5.41, 5.74) is 3.47. The fourth-order valence-electron chi connectivity index (χ4n) is 11.5. The summed E-state index contributed by atoms with van der Waals surface area (Å²) < 4.78 is 45.7. The van der Waals surface area contributed by atoms with Gasteiger partial charge in [0, 0.05) is 34.5 Å². The zero-order valence-electron chi connectivity index (χ0n) is 45.8. The van der Waals surface area contributed by atoms with Gasteiger partial charge in [-0.05, 0) is 162 Å². The number of carbonyl (C=O) groups excluding carboxylic acids is 7. The van der Waals surface area contributed by atoms with Gasteiger partial charge in [0.05, 0.1) is 28.7 Å². The molecule has 6 aliphatic heterocycles. The first kappa shape index (κ1) is 62.5. The Hall–Kier alpha value is -5.57. The van der Waals surface area contributed by atoms with Crippen LogP contribution in [0.25, 0.3) is 0 Å². The molecule has 0 amide bonds. The van der Waals surface area contributed by atoms with Crippen molar-refractivity contribution in [2.45, 2.75) is 151 Å². The van der Waals surface area contributed by atoms with Crippen molar-refractivity contribution in [2.24, 2.45) is 17.8 Å². The van der Waals surface area contributed by atoms with E-state index in [4.69, 9.17) is 84.3 Å². The zero-order valence-corrected chi connectivity index (χ0v) is 48.8. The summed E-state index contributed by atoms with van der Waals surface area (Å²) in [5, 5.41) is 8.12. The van der Waals surface area contributed by atoms with Gasteiger partial charge in [-0.1, -0.05) is 50.1 Å². The first-order chi connectivity index (χ1) is 39.0. The zero-order chi connectivity index (χ0) is 59.3. The van der Waals surface area contributed by atoms with Crippen molar-refractivity contribution >= 4 is 86.7 Å². The third-order valence-corrected chi connectivity index (χ3v) is 17.0. The molecule has 1 N–H and O–H groups in total. The maximum atomic E-state index is 13.0. The van der Waals surface area contributed by atoms with E-state index in [0.717, 1.165) is 68.1 Å². The molecule has 0 aromatic carbocycles. The molecule has 6 fully saturated rings. The molecule has 0 saturated carbocycles. The predicted octanol–water partition coefficient (Wildman–Crippen LogP) is 9.90. The van der Waals surface area contributed by atoms with Crippen LogP contribution in [0.1, 0.15) is 140 Å². The monoisotopic (exact) mass is 1210 g/mol. The molecular weight excluding hydrogens is 1150 g/mol. The summed E-state index contributed by atoms with van der Waals surface area (Å²) in [7, 11) is 0. The van der Waals surface area contributed by atoms with E-state index in [2.05, 4.69) is 54.9 Å². The molecular formula is C60H66Cl4N2O16.